The second-order valence-electron chi connectivity index (χ2n) is 4.16. The van der Waals surface area contributed by atoms with Crippen LogP contribution in [-0.4, -0.2) is 13.2 Å². The predicted octanol–water partition coefficient (Wildman–Crippen LogP) is 3.38. The summed E-state index contributed by atoms with van der Waals surface area (Å²) in [4.78, 5) is 0. The molecule has 3 heteroatoms. The highest BCUT2D eigenvalue weighted by Crippen LogP contribution is 2.31. The molecule has 0 fully saturated rings. The van der Waals surface area contributed by atoms with Gasteiger partial charge in [0.2, 0.25) is 0 Å². The van der Waals surface area contributed by atoms with Gasteiger partial charge in [-0.15, -0.1) is 0 Å². The molecule has 0 aliphatic rings. The average Bonchev–Trinajstić information content (AvgIpc) is 2.44. The van der Waals surface area contributed by atoms with Gasteiger partial charge in [-0.2, -0.15) is 0 Å². The first-order valence-electron chi connectivity index (χ1n) is 6.52. The van der Waals surface area contributed by atoms with E-state index in [0.29, 0.717) is 13.2 Å². The molecule has 0 aliphatic carbocycles. The van der Waals surface area contributed by atoms with E-state index in [2.05, 4.69) is 0 Å². The molecule has 2 N–H and O–H groups in total. The van der Waals surface area contributed by atoms with E-state index in [4.69, 9.17) is 15.2 Å². The largest absolute Gasteiger partial charge is 0.490 e. The molecule has 0 atom stereocenters. The molecular formula is C16H19NO2. The average molecular weight is 257 g/mol. The van der Waals surface area contributed by atoms with Gasteiger partial charge in [0.1, 0.15) is 5.75 Å². The summed E-state index contributed by atoms with van der Waals surface area (Å²) in [5.41, 5.74) is 6.74. The summed E-state index contributed by atoms with van der Waals surface area (Å²) >= 11 is 0. The van der Waals surface area contributed by atoms with Crippen LogP contribution in [0.2, 0.25) is 0 Å². The van der Waals surface area contributed by atoms with Gasteiger partial charge >= 0.3 is 0 Å². The van der Waals surface area contributed by atoms with Gasteiger partial charge in [-0.3, -0.25) is 0 Å². The molecule has 0 amide bonds. The molecule has 0 heterocycles. The van der Waals surface area contributed by atoms with Crippen molar-refractivity contribution < 1.29 is 9.47 Å². The van der Waals surface area contributed by atoms with Crippen molar-refractivity contribution in [3.63, 3.8) is 0 Å². The van der Waals surface area contributed by atoms with Crippen molar-refractivity contribution in [2.45, 2.75) is 13.3 Å². The molecule has 2 aromatic carbocycles. The number of benzene rings is 2. The number of para-hydroxylation sites is 2. The summed E-state index contributed by atoms with van der Waals surface area (Å²) in [7, 11) is 0. The van der Waals surface area contributed by atoms with E-state index >= 15 is 0 Å². The molecule has 0 aliphatic heterocycles. The van der Waals surface area contributed by atoms with Crippen molar-refractivity contribution in [3.05, 3.63) is 54.1 Å². The van der Waals surface area contributed by atoms with Gasteiger partial charge in [0.15, 0.2) is 11.5 Å². The third kappa shape index (κ3) is 3.73. The Morgan fingerprint density at radius 3 is 2.26 bits per heavy atom. The SMILES string of the molecule is CCOc1ccccc1Oc1ccc(CCN)cc1. The number of hydrogen-bond donors (Lipinski definition) is 1. The zero-order valence-electron chi connectivity index (χ0n) is 11.1. The van der Waals surface area contributed by atoms with E-state index in [-0.39, 0.29) is 0 Å². The van der Waals surface area contributed by atoms with Crippen molar-refractivity contribution in [2.24, 2.45) is 5.73 Å². The molecule has 0 spiro atoms. The molecule has 0 unspecified atom stereocenters. The summed E-state index contributed by atoms with van der Waals surface area (Å²) in [5, 5.41) is 0. The fourth-order valence-electron chi connectivity index (χ4n) is 1.83. The van der Waals surface area contributed by atoms with Crippen molar-refractivity contribution in [3.8, 4) is 17.2 Å². The van der Waals surface area contributed by atoms with E-state index in [1.54, 1.807) is 0 Å². The smallest absolute Gasteiger partial charge is 0.169 e. The molecule has 2 aromatic rings. The lowest BCUT2D eigenvalue weighted by molar-refractivity contribution is 0.321. The second kappa shape index (κ2) is 6.81. The molecule has 0 saturated carbocycles. The molecule has 3 nitrogen and oxygen atoms in total. The standard InChI is InChI=1S/C16H19NO2/c1-2-18-15-5-3-4-6-16(15)19-14-9-7-13(8-10-14)11-12-17/h3-10H,2,11-12,17H2,1H3. The van der Waals surface area contributed by atoms with Crippen LogP contribution in [-0.2, 0) is 6.42 Å². The van der Waals surface area contributed by atoms with E-state index in [1.807, 2.05) is 55.5 Å². The van der Waals surface area contributed by atoms with E-state index in [0.717, 1.165) is 23.7 Å². The Bertz CT molecular complexity index is 508. The molecule has 2 rings (SSSR count). The monoisotopic (exact) mass is 257 g/mol. The maximum Gasteiger partial charge on any atom is 0.169 e. The highest BCUT2D eigenvalue weighted by atomic mass is 16.5. The number of ether oxygens (including phenoxy) is 2. The highest BCUT2D eigenvalue weighted by Gasteiger charge is 2.04. The normalized spacial score (nSPS) is 10.2. The van der Waals surface area contributed by atoms with Gasteiger partial charge in [0.25, 0.3) is 0 Å². The zero-order chi connectivity index (χ0) is 13.5. The van der Waals surface area contributed by atoms with Crippen LogP contribution < -0.4 is 15.2 Å². The maximum atomic E-state index is 5.84. The van der Waals surface area contributed by atoms with Crippen molar-refractivity contribution in [1.29, 1.82) is 0 Å². The summed E-state index contributed by atoms with van der Waals surface area (Å²) in [6.07, 6.45) is 0.885. The molecule has 0 radical (unpaired) electrons. The Labute approximate surface area is 114 Å². The molecule has 0 saturated heterocycles. The third-order valence-electron chi connectivity index (χ3n) is 2.73. The van der Waals surface area contributed by atoms with Gasteiger partial charge in [0.05, 0.1) is 6.61 Å². The topological polar surface area (TPSA) is 44.5 Å². The number of hydrogen-bond acceptors (Lipinski definition) is 3. The fraction of sp³-hybridized carbons (Fsp3) is 0.250. The molecule has 100 valence electrons. The number of rotatable bonds is 6. The maximum absolute atomic E-state index is 5.84. The van der Waals surface area contributed by atoms with Crippen LogP contribution >= 0.6 is 0 Å². The first-order valence-corrected chi connectivity index (χ1v) is 6.52. The summed E-state index contributed by atoms with van der Waals surface area (Å²) in [6, 6.07) is 15.6. The van der Waals surface area contributed by atoms with Crippen LogP contribution in [0.4, 0.5) is 0 Å². The predicted molar refractivity (Wildman–Crippen MR) is 76.9 cm³/mol. The molecule has 19 heavy (non-hydrogen) atoms. The van der Waals surface area contributed by atoms with Crippen LogP contribution in [0, 0.1) is 0 Å². The Morgan fingerprint density at radius 1 is 0.947 bits per heavy atom. The van der Waals surface area contributed by atoms with Crippen molar-refractivity contribution >= 4 is 0 Å². The summed E-state index contributed by atoms with van der Waals surface area (Å²) in [5.74, 6) is 2.29. The fourth-order valence-corrected chi connectivity index (χ4v) is 1.83. The summed E-state index contributed by atoms with van der Waals surface area (Å²) < 4.78 is 11.4. The molecule has 0 aromatic heterocycles. The summed E-state index contributed by atoms with van der Waals surface area (Å²) in [6.45, 7) is 3.24. The number of nitrogens with two attached hydrogens (primary N) is 1. The second-order valence-corrected chi connectivity index (χ2v) is 4.16. The van der Waals surface area contributed by atoms with E-state index < -0.39 is 0 Å². The Hall–Kier alpha value is -2.00. The Morgan fingerprint density at radius 2 is 1.63 bits per heavy atom. The van der Waals surface area contributed by atoms with E-state index in [1.165, 1.54) is 5.56 Å². The minimum atomic E-state index is 0.621. The molecular weight excluding hydrogens is 238 g/mol. The minimum absolute atomic E-state index is 0.621. The van der Waals surface area contributed by atoms with Crippen LogP contribution in [0.15, 0.2) is 48.5 Å². The van der Waals surface area contributed by atoms with Gasteiger partial charge < -0.3 is 15.2 Å². The van der Waals surface area contributed by atoms with Gasteiger partial charge in [-0.05, 0) is 49.7 Å². The van der Waals surface area contributed by atoms with Crippen molar-refractivity contribution in [2.75, 3.05) is 13.2 Å². The van der Waals surface area contributed by atoms with Crippen LogP contribution in [0.25, 0.3) is 0 Å². The first kappa shape index (κ1) is 13.4. The third-order valence-corrected chi connectivity index (χ3v) is 2.73. The van der Waals surface area contributed by atoms with Crippen LogP contribution in [0.1, 0.15) is 12.5 Å². The molecule has 0 bridgehead atoms. The lowest BCUT2D eigenvalue weighted by Gasteiger charge is -2.11. The minimum Gasteiger partial charge on any atom is -0.490 e. The Kier molecular flexibility index (Phi) is 4.81. The van der Waals surface area contributed by atoms with Gasteiger partial charge in [-0.25, -0.2) is 0 Å². The highest BCUT2D eigenvalue weighted by molar-refractivity contribution is 5.43. The van der Waals surface area contributed by atoms with Gasteiger partial charge in [-0.1, -0.05) is 24.3 Å². The zero-order valence-corrected chi connectivity index (χ0v) is 11.1. The van der Waals surface area contributed by atoms with Crippen molar-refractivity contribution in [1.82, 2.24) is 0 Å². The lowest BCUT2D eigenvalue weighted by Crippen LogP contribution is -2.02. The van der Waals surface area contributed by atoms with E-state index in [9.17, 15) is 0 Å². The van der Waals surface area contributed by atoms with Crippen LogP contribution in [0.3, 0.4) is 0 Å². The first-order chi connectivity index (χ1) is 9.33. The van der Waals surface area contributed by atoms with Gasteiger partial charge in [0, 0.05) is 0 Å². The lowest BCUT2D eigenvalue weighted by atomic mass is 10.1. The Balaban J connectivity index is 2.12. The van der Waals surface area contributed by atoms with Crippen LogP contribution in [0.5, 0.6) is 17.2 Å². The quantitative estimate of drug-likeness (QED) is 0.862.